The fraction of sp³-hybridized carbons (Fsp3) is 0.273. The summed E-state index contributed by atoms with van der Waals surface area (Å²) in [6.07, 6.45) is 1.24. The maximum atomic E-state index is 13.2. The zero-order valence-electron chi connectivity index (χ0n) is 9.51. The lowest BCUT2D eigenvalue weighted by Gasteiger charge is -2.09. The largest absolute Gasteiger partial charge is 0.476 e. The number of hydrogen-bond acceptors (Lipinski definition) is 3. The number of nitrogens with zero attached hydrogens (tertiary/aromatic N) is 3. The monoisotopic (exact) mass is 237 g/mol. The number of halogens is 1. The summed E-state index contributed by atoms with van der Waals surface area (Å²) < 4.78 is 14.6. The molecule has 0 saturated carbocycles. The molecule has 0 aromatic carbocycles. The molecule has 6 heteroatoms. The summed E-state index contributed by atoms with van der Waals surface area (Å²) in [5, 5.41) is 9.06. The van der Waals surface area contributed by atoms with Crippen LogP contribution in [-0.4, -0.2) is 39.5 Å². The van der Waals surface area contributed by atoms with Crippen molar-refractivity contribution in [1.82, 2.24) is 14.3 Å². The minimum absolute atomic E-state index is 0.0377. The van der Waals surface area contributed by atoms with E-state index in [9.17, 15) is 9.18 Å². The van der Waals surface area contributed by atoms with Gasteiger partial charge in [-0.05, 0) is 26.2 Å². The van der Waals surface area contributed by atoms with Gasteiger partial charge in [-0.25, -0.2) is 14.2 Å². The van der Waals surface area contributed by atoms with Gasteiger partial charge in [0, 0.05) is 12.7 Å². The first-order chi connectivity index (χ1) is 7.99. The average Bonchev–Trinajstić information content (AvgIpc) is 2.56. The second kappa shape index (κ2) is 4.14. The highest BCUT2D eigenvalue weighted by molar-refractivity contribution is 5.87. The number of pyridine rings is 1. The van der Waals surface area contributed by atoms with Crippen LogP contribution in [0.15, 0.2) is 18.3 Å². The summed E-state index contributed by atoms with van der Waals surface area (Å²) in [4.78, 5) is 16.9. The van der Waals surface area contributed by atoms with E-state index in [1.54, 1.807) is 4.90 Å². The van der Waals surface area contributed by atoms with Gasteiger partial charge in [0.2, 0.25) is 0 Å². The van der Waals surface area contributed by atoms with Gasteiger partial charge in [0.15, 0.2) is 5.69 Å². The van der Waals surface area contributed by atoms with Gasteiger partial charge >= 0.3 is 5.97 Å². The number of carboxylic acid groups (broad SMARTS) is 1. The second-order valence-corrected chi connectivity index (χ2v) is 4.03. The van der Waals surface area contributed by atoms with E-state index in [0.29, 0.717) is 17.9 Å². The molecule has 2 aromatic heterocycles. The Morgan fingerprint density at radius 3 is 2.82 bits per heavy atom. The zero-order valence-corrected chi connectivity index (χ0v) is 9.51. The molecule has 2 heterocycles. The van der Waals surface area contributed by atoms with Gasteiger partial charge in [-0.3, -0.25) is 4.40 Å². The van der Waals surface area contributed by atoms with E-state index in [0.717, 1.165) is 0 Å². The molecule has 0 fully saturated rings. The average molecular weight is 237 g/mol. The van der Waals surface area contributed by atoms with Crippen LogP contribution in [0.2, 0.25) is 0 Å². The summed E-state index contributed by atoms with van der Waals surface area (Å²) in [5.41, 5.74) is 0.863. The van der Waals surface area contributed by atoms with E-state index in [-0.39, 0.29) is 5.69 Å². The second-order valence-electron chi connectivity index (χ2n) is 4.03. The van der Waals surface area contributed by atoms with E-state index < -0.39 is 11.8 Å². The summed E-state index contributed by atoms with van der Waals surface area (Å²) in [5.74, 6) is -1.53. The van der Waals surface area contributed by atoms with Crippen LogP contribution in [0.5, 0.6) is 0 Å². The van der Waals surface area contributed by atoms with Crippen molar-refractivity contribution in [2.24, 2.45) is 0 Å². The van der Waals surface area contributed by atoms with Gasteiger partial charge in [-0.2, -0.15) is 0 Å². The number of hydrogen-bond donors (Lipinski definition) is 1. The van der Waals surface area contributed by atoms with Crippen molar-refractivity contribution in [2.75, 3.05) is 14.1 Å². The van der Waals surface area contributed by atoms with Crippen molar-refractivity contribution in [3.63, 3.8) is 0 Å². The highest BCUT2D eigenvalue weighted by atomic mass is 19.1. The first kappa shape index (κ1) is 11.5. The molecule has 2 rings (SSSR count). The van der Waals surface area contributed by atoms with Crippen LogP contribution in [0, 0.1) is 5.82 Å². The van der Waals surface area contributed by atoms with Crippen molar-refractivity contribution < 1.29 is 14.3 Å². The van der Waals surface area contributed by atoms with E-state index >= 15 is 0 Å². The van der Waals surface area contributed by atoms with Crippen molar-refractivity contribution >= 4 is 11.6 Å². The maximum Gasteiger partial charge on any atom is 0.356 e. The number of rotatable bonds is 3. The van der Waals surface area contributed by atoms with Gasteiger partial charge in [0.05, 0.1) is 5.69 Å². The molecule has 0 bridgehead atoms. The molecule has 0 aliphatic carbocycles. The first-order valence-electron chi connectivity index (χ1n) is 5.03. The Bertz CT molecular complexity index is 577. The maximum absolute atomic E-state index is 13.2. The molecular weight excluding hydrogens is 225 g/mol. The lowest BCUT2D eigenvalue weighted by atomic mass is 10.3. The third-order valence-electron chi connectivity index (χ3n) is 2.35. The van der Waals surface area contributed by atoms with Crippen molar-refractivity contribution in [3.8, 4) is 0 Å². The molecular formula is C11H12FN3O2. The number of imidazole rings is 1. The molecule has 0 aliphatic heterocycles. The van der Waals surface area contributed by atoms with Crippen molar-refractivity contribution in [3.05, 3.63) is 35.5 Å². The molecule has 0 aliphatic rings. The number of aromatic nitrogens is 2. The number of carbonyl (C=O) groups is 1. The Morgan fingerprint density at radius 1 is 1.53 bits per heavy atom. The molecule has 0 radical (unpaired) electrons. The van der Waals surface area contributed by atoms with Crippen LogP contribution in [0.4, 0.5) is 4.39 Å². The third-order valence-corrected chi connectivity index (χ3v) is 2.35. The van der Waals surface area contributed by atoms with Crippen molar-refractivity contribution in [1.29, 1.82) is 0 Å². The van der Waals surface area contributed by atoms with Crippen LogP contribution in [0.25, 0.3) is 5.65 Å². The Balaban J connectivity index is 2.68. The molecule has 5 nitrogen and oxygen atoms in total. The minimum atomic E-state index is -1.11. The van der Waals surface area contributed by atoms with Crippen LogP contribution in [0.1, 0.15) is 16.2 Å². The minimum Gasteiger partial charge on any atom is -0.476 e. The predicted octanol–water partition coefficient (Wildman–Crippen LogP) is 1.23. The van der Waals surface area contributed by atoms with E-state index in [2.05, 4.69) is 4.98 Å². The Morgan fingerprint density at radius 2 is 2.24 bits per heavy atom. The van der Waals surface area contributed by atoms with Gasteiger partial charge in [0.1, 0.15) is 11.5 Å². The molecule has 17 heavy (non-hydrogen) atoms. The highest BCUT2D eigenvalue weighted by Crippen LogP contribution is 2.15. The lowest BCUT2D eigenvalue weighted by Crippen LogP contribution is -2.15. The predicted molar refractivity (Wildman–Crippen MR) is 59.5 cm³/mol. The van der Waals surface area contributed by atoms with E-state index in [1.807, 2.05) is 14.1 Å². The van der Waals surface area contributed by atoms with Crippen LogP contribution < -0.4 is 0 Å². The molecule has 0 saturated heterocycles. The Hall–Kier alpha value is -1.95. The Kier molecular flexibility index (Phi) is 2.81. The zero-order chi connectivity index (χ0) is 12.6. The van der Waals surface area contributed by atoms with Crippen LogP contribution in [-0.2, 0) is 6.54 Å². The number of aromatic carboxylic acids is 1. The summed E-state index contributed by atoms with van der Waals surface area (Å²) in [7, 11) is 3.62. The first-order valence-corrected chi connectivity index (χ1v) is 5.03. The van der Waals surface area contributed by atoms with E-state index in [1.165, 1.54) is 22.7 Å². The molecule has 2 aromatic rings. The summed E-state index contributed by atoms with van der Waals surface area (Å²) in [6, 6.07) is 2.72. The smallest absolute Gasteiger partial charge is 0.356 e. The third kappa shape index (κ3) is 2.12. The molecule has 0 amide bonds. The lowest BCUT2D eigenvalue weighted by molar-refractivity contribution is 0.0689. The quantitative estimate of drug-likeness (QED) is 0.872. The van der Waals surface area contributed by atoms with Crippen LogP contribution in [0.3, 0.4) is 0 Å². The fourth-order valence-corrected chi connectivity index (χ4v) is 1.69. The summed E-state index contributed by atoms with van der Waals surface area (Å²) in [6.45, 7) is 0.381. The van der Waals surface area contributed by atoms with Gasteiger partial charge < -0.3 is 10.0 Å². The van der Waals surface area contributed by atoms with Gasteiger partial charge in [0.25, 0.3) is 0 Å². The Labute approximate surface area is 97.1 Å². The topological polar surface area (TPSA) is 57.8 Å². The highest BCUT2D eigenvalue weighted by Gasteiger charge is 2.18. The van der Waals surface area contributed by atoms with Gasteiger partial charge in [-0.1, -0.05) is 0 Å². The standard InChI is InChI=1S/C11H12FN3O2/c1-14(2)6-8-10(11(16)17)13-9-4-3-7(12)5-15(8)9/h3-5H,6H2,1-2H3,(H,16,17). The van der Waals surface area contributed by atoms with Gasteiger partial charge in [-0.15, -0.1) is 0 Å². The summed E-state index contributed by atoms with van der Waals surface area (Å²) >= 11 is 0. The normalized spacial score (nSPS) is 11.3. The molecule has 0 spiro atoms. The molecule has 0 unspecified atom stereocenters. The SMILES string of the molecule is CN(C)Cc1c(C(=O)O)nc2ccc(F)cn12. The van der Waals surface area contributed by atoms with Crippen molar-refractivity contribution in [2.45, 2.75) is 6.54 Å². The number of fused-ring (bicyclic) bond motifs is 1. The van der Waals surface area contributed by atoms with E-state index in [4.69, 9.17) is 5.11 Å². The molecule has 90 valence electrons. The fourth-order valence-electron chi connectivity index (χ4n) is 1.69. The number of carboxylic acids is 1. The molecule has 0 atom stereocenters. The van der Waals surface area contributed by atoms with Crippen LogP contribution >= 0.6 is 0 Å². The molecule has 1 N–H and O–H groups in total.